The SMILES string of the molecule is O=C(C[C@@]1(C(=O)Nc2cncc3ccccc23)CCOc2ccc(Cl)cc21)N1CCCC[C@H]1c1ncn[nH]1. The molecule has 38 heavy (non-hydrogen) atoms. The van der Waals surface area contributed by atoms with E-state index < -0.39 is 5.41 Å². The van der Waals surface area contributed by atoms with E-state index in [1.165, 1.54) is 6.33 Å². The standard InChI is InChI=1S/C28H27ClN6O3/c29-19-8-9-24-21(13-19)28(10-12-38-24,27(37)33-22-16-30-15-18-5-1-2-6-20(18)22)14-25(36)35-11-4-3-7-23(35)26-31-17-32-34-26/h1-2,5-6,8-9,13,15-17,23H,3-4,7,10-12,14H2,(H,33,37)(H,31,32,34)/t23-,28-/m0/s1. The van der Waals surface area contributed by atoms with Gasteiger partial charge in [-0.2, -0.15) is 5.10 Å². The van der Waals surface area contributed by atoms with E-state index in [4.69, 9.17) is 16.3 Å². The molecule has 0 saturated carbocycles. The third-order valence-electron chi connectivity index (χ3n) is 7.62. The number of fused-ring (bicyclic) bond motifs is 2. The number of anilines is 1. The van der Waals surface area contributed by atoms with Crippen molar-refractivity contribution < 1.29 is 14.3 Å². The van der Waals surface area contributed by atoms with Gasteiger partial charge < -0.3 is 15.0 Å². The molecule has 4 aromatic rings. The number of rotatable bonds is 5. The van der Waals surface area contributed by atoms with Crippen LogP contribution in [0.2, 0.25) is 5.02 Å². The third kappa shape index (κ3) is 4.36. The van der Waals surface area contributed by atoms with E-state index in [1.807, 2.05) is 29.2 Å². The number of amides is 2. The Balaban J connectivity index is 1.39. The van der Waals surface area contributed by atoms with Crippen LogP contribution in [-0.4, -0.2) is 50.0 Å². The quantitative estimate of drug-likeness (QED) is 0.383. The van der Waals surface area contributed by atoms with E-state index in [0.717, 1.165) is 30.0 Å². The maximum atomic E-state index is 14.3. The van der Waals surface area contributed by atoms with Gasteiger partial charge in [-0.3, -0.25) is 19.7 Å². The van der Waals surface area contributed by atoms with Gasteiger partial charge in [0.2, 0.25) is 11.8 Å². The Morgan fingerprint density at radius 3 is 2.95 bits per heavy atom. The van der Waals surface area contributed by atoms with Crippen LogP contribution < -0.4 is 10.1 Å². The smallest absolute Gasteiger partial charge is 0.235 e. The maximum absolute atomic E-state index is 14.3. The monoisotopic (exact) mass is 530 g/mol. The summed E-state index contributed by atoms with van der Waals surface area (Å²) in [5, 5.41) is 12.3. The molecule has 1 fully saturated rings. The van der Waals surface area contributed by atoms with Crippen LogP contribution in [0.4, 0.5) is 5.69 Å². The van der Waals surface area contributed by atoms with Crippen molar-refractivity contribution in [2.45, 2.75) is 43.6 Å². The second-order valence-corrected chi connectivity index (χ2v) is 10.3. The Bertz CT molecular complexity index is 1490. The highest BCUT2D eigenvalue weighted by Crippen LogP contribution is 2.45. The number of benzene rings is 2. The lowest BCUT2D eigenvalue weighted by atomic mass is 9.72. The largest absolute Gasteiger partial charge is 0.493 e. The number of pyridine rings is 1. The molecular formula is C28H27ClN6O3. The fraction of sp³-hybridized carbons (Fsp3) is 0.321. The number of aromatic amines is 1. The van der Waals surface area contributed by atoms with Gasteiger partial charge in [0.05, 0.1) is 29.9 Å². The number of nitrogens with one attached hydrogen (secondary N) is 2. The number of carbonyl (C=O) groups is 2. The topological polar surface area (TPSA) is 113 Å². The average molecular weight is 531 g/mol. The lowest BCUT2D eigenvalue weighted by molar-refractivity contribution is -0.140. The van der Waals surface area contributed by atoms with Gasteiger partial charge in [0.15, 0.2) is 0 Å². The lowest BCUT2D eigenvalue weighted by Crippen LogP contribution is -2.49. The normalized spacial score (nSPS) is 21.0. The fourth-order valence-corrected chi connectivity index (χ4v) is 5.85. The molecule has 2 aromatic heterocycles. The summed E-state index contributed by atoms with van der Waals surface area (Å²) < 4.78 is 5.91. The fourth-order valence-electron chi connectivity index (χ4n) is 5.68. The zero-order valence-electron chi connectivity index (χ0n) is 20.7. The minimum atomic E-state index is -1.18. The Morgan fingerprint density at radius 1 is 1.18 bits per heavy atom. The van der Waals surface area contributed by atoms with E-state index in [-0.39, 0.29) is 24.3 Å². The molecule has 0 spiro atoms. The van der Waals surface area contributed by atoms with Crippen molar-refractivity contribution in [2.24, 2.45) is 0 Å². The van der Waals surface area contributed by atoms with Gasteiger partial charge in [-0.15, -0.1) is 0 Å². The first-order valence-electron chi connectivity index (χ1n) is 12.8. The van der Waals surface area contributed by atoms with E-state index in [1.54, 1.807) is 30.6 Å². The van der Waals surface area contributed by atoms with Crippen LogP contribution in [0.25, 0.3) is 10.8 Å². The number of piperidine rings is 1. The molecule has 2 aromatic carbocycles. The molecule has 0 aliphatic carbocycles. The van der Waals surface area contributed by atoms with Gasteiger partial charge in [-0.25, -0.2) is 4.98 Å². The van der Waals surface area contributed by atoms with Crippen molar-refractivity contribution in [3.05, 3.63) is 77.6 Å². The number of ether oxygens (including phenoxy) is 1. The highest BCUT2D eigenvalue weighted by Gasteiger charge is 2.48. The molecular weight excluding hydrogens is 504 g/mol. The van der Waals surface area contributed by atoms with Crippen LogP contribution in [0.15, 0.2) is 61.2 Å². The maximum Gasteiger partial charge on any atom is 0.235 e. The summed E-state index contributed by atoms with van der Waals surface area (Å²) in [4.78, 5) is 38.8. The van der Waals surface area contributed by atoms with Crippen molar-refractivity contribution in [1.82, 2.24) is 25.1 Å². The van der Waals surface area contributed by atoms with Crippen molar-refractivity contribution in [3.8, 4) is 5.75 Å². The summed E-state index contributed by atoms with van der Waals surface area (Å²) in [6, 6.07) is 12.8. The number of hydrogen-bond donors (Lipinski definition) is 2. The summed E-state index contributed by atoms with van der Waals surface area (Å²) in [5.74, 6) is 0.813. The Labute approximate surface area is 224 Å². The molecule has 0 radical (unpaired) electrons. The number of aromatic nitrogens is 4. The summed E-state index contributed by atoms with van der Waals surface area (Å²) in [7, 11) is 0. The Morgan fingerprint density at radius 2 is 2.08 bits per heavy atom. The minimum absolute atomic E-state index is 0.0294. The number of halogens is 1. The van der Waals surface area contributed by atoms with Crippen molar-refractivity contribution in [1.29, 1.82) is 0 Å². The predicted molar refractivity (Wildman–Crippen MR) is 143 cm³/mol. The van der Waals surface area contributed by atoms with Crippen molar-refractivity contribution in [2.75, 3.05) is 18.5 Å². The van der Waals surface area contributed by atoms with Crippen molar-refractivity contribution >= 4 is 39.9 Å². The van der Waals surface area contributed by atoms with Crippen LogP contribution in [0, 0.1) is 0 Å². The first kappa shape index (κ1) is 24.4. The second-order valence-electron chi connectivity index (χ2n) is 9.83. The van der Waals surface area contributed by atoms with Gasteiger partial charge in [-0.05, 0) is 37.5 Å². The number of nitrogens with zero attached hydrogens (tertiary/aromatic N) is 4. The zero-order chi connectivity index (χ0) is 26.1. The lowest BCUT2D eigenvalue weighted by Gasteiger charge is -2.40. The van der Waals surface area contributed by atoms with Crippen LogP contribution in [0.5, 0.6) is 5.75 Å². The summed E-state index contributed by atoms with van der Waals surface area (Å²) in [6.45, 7) is 0.892. The van der Waals surface area contributed by atoms with Gasteiger partial charge in [0.25, 0.3) is 0 Å². The molecule has 4 heterocycles. The zero-order valence-corrected chi connectivity index (χ0v) is 21.4. The van der Waals surface area contributed by atoms with Crippen molar-refractivity contribution in [3.63, 3.8) is 0 Å². The molecule has 6 rings (SSSR count). The van der Waals surface area contributed by atoms with Gasteiger partial charge in [0, 0.05) is 46.9 Å². The van der Waals surface area contributed by atoms with Gasteiger partial charge in [-0.1, -0.05) is 35.9 Å². The van der Waals surface area contributed by atoms with Gasteiger partial charge in [0.1, 0.15) is 17.9 Å². The molecule has 2 atom stereocenters. The van der Waals surface area contributed by atoms with Crippen LogP contribution in [-0.2, 0) is 15.0 Å². The molecule has 0 unspecified atom stereocenters. The van der Waals surface area contributed by atoms with E-state index in [2.05, 4.69) is 25.5 Å². The summed E-state index contributed by atoms with van der Waals surface area (Å²) in [6.07, 6.45) is 7.81. The van der Waals surface area contributed by atoms with Crippen LogP contribution >= 0.6 is 11.6 Å². The number of hydrogen-bond acceptors (Lipinski definition) is 6. The van der Waals surface area contributed by atoms with Gasteiger partial charge >= 0.3 is 0 Å². The minimum Gasteiger partial charge on any atom is -0.493 e. The first-order valence-corrected chi connectivity index (χ1v) is 13.1. The molecule has 0 bridgehead atoms. The van der Waals surface area contributed by atoms with E-state index in [9.17, 15) is 9.59 Å². The Kier molecular flexibility index (Phi) is 6.45. The highest BCUT2D eigenvalue weighted by atomic mass is 35.5. The van der Waals surface area contributed by atoms with E-state index in [0.29, 0.717) is 47.4 Å². The van der Waals surface area contributed by atoms with E-state index >= 15 is 0 Å². The average Bonchev–Trinajstić information content (AvgIpc) is 3.48. The molecule has 9 nitrogen and oxygen atoms in total. The molecule has 194 valence electrons. The Hall–Kier alpha value is -3.98. The van der Waals surface area contributed by atoms with Crippen LogP contribution in [0.1, 0.15) is 49.5 Å². The number of carbonyl (C=O) groups excluding carboxylic acids is 2. The molecule has 2 N–H and O–H groups in total. The van der Waals surface area contributed by atoms with Crippen LogP contribution in [0.3, 0.4) is 0 Å². The summed E-state index contributed by atoms with van der Waals surface area (Å²) >= 11 is 6.41. The number of likely N-dealkylation sites (tertiary alicyclic amines) is 1. The molecule has 10 heteroatoms. The second kappa shape index (κ2) is 10.1. The first-order chi connectivity index (χ1) is 18.5. The molecule has 2 amide bonds. The molecule has 1 saturated heterocycles. The number of H-pyrrole nitrogens is 1. The molecule has 2 aliphatic rings. The molecule has 2 aliphatic heterocycles. The highest BCUT2D eigenvalue weighted by molar-refractivity contribution is 6.30. The predicted octanol–water partition coefficient (Wildman–Crippen LogP) is 4.81. The third-order valence-corrected chi connectivity index (χ3v) is 7.86. The summed E-state index contributed by atoms with van der Waals surface area (Å²) in [5.41, 5.74) is 0.0201.